The Morgan fingerprint density at radius 3 is 1.91 bits per heavy atom. The zero-order valence-electron chi connectivity index (χ0n) is 11.5. The van der Waals surface area contributed by atoms with E-state index in [9.17, 15) is 26.7 Å². The molecular formula is C15H12ClF3O3S. The third kappa shape index (κ3) is 3.68. The van der Waals surface area contributed by atoms with Crippen LogP contribution in [0.25, 0.3) is 0 Å². The maximum Gasteiger partial charge on any atom is 0.498 e. The van der Waals surface area contributed by atoms with Crippen molar-refractivity contribution in [3.63, 3.8) is 0 Å². The number of hydrogen-bond donors (Lipinski definition) is 1. The lowest BCUT2D eigenvalue weighted by atomic mass is 10.0. The predicted octanol–water partition coefficient (Wildman–Crippen LogP) is 4.05. The molecule has 0 aromatic heterocycles. The Hall–Kier alpha value is -1.57. The van der Waals surface area contributed by atoms with Crippen LogP contribution in [0.15, 0.2) is 54.6 Å². The van der Waals surface area contributed by atoms with Crippen LogP contribution >= 0.6 is 11.6 Å². The van der Waals surface area contributed by atoms with E-state index in [0.29, 0.717) is 0 Å². The summed E-state index contributed by atoms with van der Waals surface area (Å²) in [4.78, 5) is 0. The summed E-state index contributed by atoms with van der Waals surface area (Å²) in [6.07, 6.45) is -1.87. The van der Waals surface area contributed by atoms with Gasteiger partial charge in [-0.3, -0.25) is 0 Å². The summed E-state index contributed by atoms with van der Waals surface area (Å²) in [5.74, 6) is 0. The van der Waals surface area contributed by atoms with E-state index in [1.807, 2.05) is 0 Å². The van der Waals surface area contributed by atoms with E-state index < -0.39 is 26.7 Å². The molecule has 3 nitrogen and oxygen atoms in total. The molecule has 0 radical (unpaired) electrons. The van der Waals surface area contributed by atoms with Crippen molar-refractivity contribution < 1.29 is 26.7 Å². The van der Waals surface area contributed by atoms with Crippen LogP contribution in [0.4, 0.5) is 13.2 Å². The Balaban J connectivity index is 2.59. The van der Waals surface area contributed by atoms with Crippen LogP contribution in [0, 0.1) is 0 Å². The molecule has 0 bridgehead atoms. The zero-order valence-corrected chi connectivity index (χ0v) is 13.1. The molecule has 0 unspecified atom stereocenters. The van der Waals surface area contributed by atoms with Crippen molar-refractivity contribution in [2.24, 2.45) is 0 Å². The second-order valence-electron chi connectivity index (χ2n) is 4.82. The number of halogens is 4. The number of aliphatic hydroxyl groups is 1. The summed E-state index contributed by atoms with van der Waals surface area (Å²) in [5.41, 5.74) is -5.61. The van der Waals surface area contributed by atoms with Gasteiger partial charge in [-0.15, -0.1) is 0 Å². The van der Waals surface area contributed by atoms with Gasteiger partial charge in [0.15, 0.2) is 0 Å². The second-order valence-corrected chi connectivity index (χ2v) is 7.32. The molecule has 0 aliphatic carbocycles. The molecule has 0 spiro atoms. The standard InChI is InChI=1S/C15H12ClF3O3S/c16-12-8-6-11(7-9-12)14(23(21,22)15(17,18)19)13(20)10-4-2-1-3-5-10/h1-9,13-14,20H/t13-,14-/m1/s1. The van der Waals surface area contributed by atoms with E-state index in [-0.39, 0.29) is 16.1 Å². The van der Waals surface area contributed by atoms with Crippen LogP contribution in [0.1, 0.15) is 22.5 Å². The van der Waals surface area contributed by atoms with Gasteiger partial charge < -0.3 is 5.11 Å². The first kappa shape index (κ1) is 17.8. The highest BCUT2D eigenvalue weighted by Gasteiger charge is 2.53. The Bertz CT molecular complexity index is 759. The Morgan fingerprint density at radius 2 is 1.43 bits per heavy atom. The first-order chi connectivity index (χ1) is 10.6. The molecule has 2 atom stereocenters. The van der Waals surface area contributed by atoms with Gasteiger partial charge in [0.25, 0.3) is 9.84 Å². The molecule has 0 saturated heterocycles. The number of aliphatic hydroxyl groups excluding tert-OH is 1. The topological polar surface area (TPSA) is 54.4 Å². The highest BCUT2D eigenvalue weighted by atomic mass is 35.5. The van der Waals surface area contributed by atoms with Crippen molar-refractivity contribution in [3.8, 4) is 0 Å². The molecule has 0 saturated carbocycles. The molecule has 2 rings (SSSR count). The predicted molar refractivity (Wildman–Crippen MR) is 80.6 cm³/mol. The van der Waals surface area contributed by atoms with Gasteiger partial charge >= 0.3 is 5.51 Å². The minimum Gasteiger partial charge on any atom is -0.387 e. The average Bonchev–Trinajstić information content (AvgIpc) is 2.49. The average molecular weight is 365 g/mol. The van der Waals surface area contributed by atoms with Gasteiger partial charge in [0.1, 0.15) is 11.4 Å². The van der Waals surface area contributed by atoms with Crippen molar-refractivity contribution >= 4 is 21.4 Å². The largest absolute Gasteiger partial charge is 0.498 e. The van der Waals surface area contributed by atoms with Gasteiger partial charge in [-0.1, -0.05) is 54.1 Å². The molecule has 0 aliphatic rings. The molecule has 2 aromatic carbocycles. The maximum atomic E-state index is 13.0. The van der Waals surface area contributed by atoms with Crippen LogP contribution < -0.4 is 0 Å². The molecule has 1 N–H and O–H groups in total. The second kappa shape index (κ2) is 6.51. The minimum absolute atomic E-state index is 0.0697. The lowest BCUT2D eigenvalue weighted by Gasteiger charge is -2.25. The van der Waals surface area contributed by atoms with Crippen LogP contribution in [-0.2, 0) is 9.84 Å². The molecule has 8 heteroatoms. The van der Waals surface area contributed by atoms with Gasteiger partial charge in [0.2, 0.25) is 0 Å². The summed E-state index contributed by atoms with van der Waals surface area (Å²) >= 11 is 5.68. The summed E-state index contributed by atoms with van der Waals surface area (Å²) < 4.78 is 62.9. The highest BCUT2D eigenvalue weighted by molar-refractivity contribution is 7.92. The van der Waals surface area contributed by atoms with Crippen LogP contribution in [0.3, 0.4) is 0 Å². The van der Waals surface area contributed by atoms with E-state index >= 15 is 0 Å². The molecule has 0 heterocycles. The summed E-state index contributed by atoms with van der Waals surface area (Å²) in [6, 6.07) is 12.2. The number of sulfone groups is 1. The van der Waals surface area contributed by atoms with Crippen molar-refractivity contribution in [3.05, 3.63) is 70.7 Å². The fourth-order valence-corrected chi connectivity index (χ4v) is 3.58. The molecule has 0 fully saturated rings. The fraction of sp³-hybridized carbons (Fsp3) is 0.200. The molecule has 2 aromatic rings. The summed E-state index contributed by atoms with van der Waals surface area (Å²) in [7, 11) is -5.64. The SMILES string of the molecule is O=S(=O)([C@H](c1ccc(Cl)cc1)[C@H](O)c1ccccc1)C(F)(F)F. The molecule has 0 amide bonds. The molecular weight excluding hydrogens is 353 g/mol. The Kier molecular flexibility index (Phi) is 5.03. The van der Waals surface area contributed by atoms with Gasteiger partial charge in [-0.05, 0) is 23.3 Å². The number of alkyl halides is 3. The molecule has 124 valence electrons. The lowest BCUT2D eigenvalue weighted by Crippen LogP contribution is -2.32. The molecule has 23 heavy (non-hydrogen) atoms. The van der Waals surface area contributed by atoms with Crippen molar-refractivity contribution in [1.82, 2.24) is 0 Å². The van der Waals surface area contributed by atoms with Crippen molar-refractivity contribution in [1.29, 1.82) is 0 Å². The van der Waals surface area contributed by atoms with E-state index in [4.69, 9.17) is 11.6 Å². The first-order valence-electron chi connectivity index (χ1n) is 6.43. The van der Waals surface area contributed by atoms with Crippen LogP contribution in [-0.4, -0.2) is 19.0 Å². The summed E-state index contributed by atoms with van der Waals surface area (Å²) in [6.45, 7) is 0. The van der Waals surface area contributed by atoms with E-state index in [1.165, 1.54) is 36.4 Å². The summed E-state index contributed by atoms with van der Waals surface area (Å²) in [5, 5.41) is 8.35. The quantitative estimate of drug-likeness (QED) is 0.890. The van der Waals surface area contributed by atoms with Crippen molar-refractivity contribution in [2.45, 2.75) is 16.9 Å². The lowest BCUT2D eigenvalue weighted by molar-refractivity contribution is -0.0460. The van der Waals surface area contributed by atoms with Crippen LogP contribution in [0.2, 0.25) is 5.02 Å². The van der Waals surface area contributed by atoms with Gasteiger partial charge in [-0.25, -0.2) is 8.42 Å². The number of benzene rings is 2. The van der Waals surface area contributed by atoms with Crippen molar-refractivity contribution in [2.75, 3.05) is 0 Å². The highest BCUT2D eigenvalue weighted by Crippen LogP contribution is 2.43. The fourth-order valence-electron chi connectivity index (χ4n) is 2.15. The smallest absolute Gasteiger partial charge is 0.387 e. The van der Waals surface area contributed by atoms with E-state index in [1.54, 1.807) is 6.07 Å². The zero-order chi connectivity index (χ0) is 17.3. The van der Waals surface area contributed by atoms with Gasteiger partial charge in [0.05, 0.1) is 0 Å². The van der Waals surface area contributed by atoms with Crippen LogP contribution in [0.5, 0.6) is 0 Å². The third-order valence-corrected chi connectivity index (χ3v) is 5.38. The van der Waals surface area contributed by atoms with Gasteiger partial charge in [0, 0.05) is 5.02 Å². The number of hydrogen-bond acceptors (Lipinski definition) is 3. The minimum atomic E-state index is -5.64. The maximum absolute atomic E-state index is 13.0. The van der Waals surface area contributed by atoms with E-state index in [0.717, 1.165) is 12.1 Å². The Morgan fingerprint density at radius 1 is 0.913 bits per heavy atom. The third-order valence-electron chi connectivity index (χ3n) is 3.28. The Labute approximate surface area is 136 Å². The number of rotatable bonds is 4. The first-order valence-corrected chi connectivity index (χ1v) is 8.35. The van der Waals surface area contributed by atoms with E-state index in [2.05, 4.69) is 0 Å². The van der Waals surface area contributed by atoms with Gasteiger partial charge in [-0.2, -0.15) is 13.2 Å². The normalized spacial score (nSPS) is 15.2. The monoisotopic (exact) mass is 364 g/mol. The molecule has 0 aliphatic heterocycles.